The number of aryl methyl sites for hydroxylation is 1. The molecule has 2 heterocycles. The molecular formula is C22H26N2O2. The maximum atomic E-state index is 13.3. The zero-order valence-electron chi connectivity index (χ0n) is 15.6. The zero-order valence-corrected chi connectivity index (χ0v) is 15.6. The van der Waals surface area contributed by atoms with Gasteiger partial charge in [-0.2, -0.15) is 0 Å². The Morgan fingerprint density at radius 2 is 1.92 bits per heavy atom. The summed E-state index contributed by atoms with van der Waals surface area (Å²) in [5.41, 5.74) is 5.29. The van der Waals surface area contributed by atoms with Crippen molar-refractivity contribution in [1.82, 2.24) is 9.47 Å². The normalized spacial score (nSPS) is 16.9. The molecule has 1 aromatic heterocycles. The second-order valence-electron chi connectivity index (χ2n) is 7.80. The molecule has 4 nitrogen and oxygen atoms in total. The molecule has 26 heavy (non-hydrogen) atoms. The average Bonchev–Trinajstić information content (AvgIpc) is 2.59. The number of aromatic nitrogens is 1. The first-order valence-corrected chi connectivity index (χ1v) is 9.61. The predicted octanol–water partition coefficient (Wildman–Crippen LogP) is 3.53. The van der Waals surface area contributed by atoms with Crippen LogP contribution in [0.4, 0.5) is 0 Å². The largest absolute Gasteiger partial charge is 0.338 e. The van der Waals surface area contributed by atoms with Gasteiger partial charge in [0.25, 0.3) is 5.56 Å². The Bertz CT molecular complexity index is 892. The highest BCUT2D eigenvalue weighted by Gasteiger charge is 2.26. The van der Waals surface area contributed by atoms with Gasteiger partial charge in [-0.1, -0.05) is 36.2 Å². The number of fused-ring (bicyclic) bond motifs is 1. The molecule has 1 saturated carbocycles. The fourth-order valence-electron chi connectivity index (χ4n) is 4.05. The lowest BCUT2D eigenvalue weighted by Crippen LogP contribution is -2.39. The van der Waals surface area contributed by atoms with E-state index >= 15 is 0 Å². The van der Waals surface area contributed by atoms with Gasteiger partial charge in [-0.25, -0.2) is 0 Å². The van der Waals surface area contributed by atoms with E-state index in [9.17, 15) is 9.59 Å². The Kier molecular flexibility index (Phi) is 4.43. The molecular weight excluding hydrogens is 324 g/mol. The van der Waals surface area contributed by atoms with Crippen LogP contribution < -0.4 is 5.56 Å². The molecule has 136 valence electrons. The Morgan fingerprint density at radius 1 is 1.19 bits per heavy atom. The van der Waals surface area contributed by atoms with Crippen LogP contribution in [0.25, 0.3) is 11.1 Å². The summed E-state index contributed by atoms with van der Waals surface area (Å²) in [6.07, 6.45) is 4.48. The highest BCUT2D eigenvalue weighted by Crippen LogP contribution is 2.30. The molecule has 4 rings (SSSR count). The van der Waals surface area contributed by atoms with Gasteiger partial charge >= 0.3 is 0 Å². The van der Waals surface area contributed by atoms with Gasteiger partial charge in [-0.3, -0.25) is 9.59 Å². The Hall–Kier alpha value is -2.36. The van der Waals surface area contributed by atoms with E-state index in [2.05, 4.69) is 6.92 Å². The number of carbonyl (C=O) groups is 1. The molecule has 0 bridgehead atoms. The quantitative estimate of drug-likeness (QED) is 0.850. The highest BCUT2D eigenvalue weighted by molar-refractivity contribution is 5.74. The Labute approximate surface area is 154 Å². The maximum absolute atomic E-state index is 13.3. The first-order valence-electron chi connectivity index (χ1n) is 9.61. The van der Waals surface area contributed by atoms with Crippen molar-refractivity contribution < 1.29 is 4.79 Å². The van der Waals surface area contributed by atoms with E-state index in [0.717, 1.165) is 35.3 Å². The molecule has 1 aliphatic carbocycles. The summed E-state index contributed by atoms with van der Waals surface area (Å²) in [7, 11) is 0. The van der Waals surface area contributed by atoms with Crippen molar-refractivity contribution in [2.24, 2.45) is 5.92 Å². The van der Waals surface area contributed by atoms with E-state index in [1.54, 1.807) is 6.92 Å². The number of hydrogen-bond acceptors (Lipinski definition) is 2. The molecule has 1 aromatic carbocycles. The van der Waals surface area contributed by atoms with E-state index in [1.807, 2.05) is 39.8 Å². The van der Waals surface area contributed by atoms with Crippen molar-refractivity contribution in [1.29, 1.82) is 0 Å². The summed E-state index contributed by atoms with van der Waals surface area (Å²) in [5.74, 6) is 0.722. The van der Waals surface area contributed by atoms with Gasteiger partial charge in [0, 0.05) is 44.2 Å². The van der Waals surface area contributed by atoms with Crippen LogP contribution in [0, 0.1) is 12.8 Å². The third kappa shape index (κ3) is 3.09. The number of rotatable bonds is 3. The first-order chi connectivity index (χ1) is 12.5. The molecule has 2 aliphatic rings. The van der Waals surface area contributed by atoms with Crippen molar-refractivity contribution in [2.45, 2.75) is 52.6 Å². The zero-order chi connectivity index (χ0) is 18.3. The van der Waals surface area contributed by atoms with Crippen LogP contribution in [0.1, 0.15) is 43.0 Å². The number of benzene rings is 1. The second kappa shape index (κ2) is 6.75. The summed E-state index contributed by atoms with van der Waals surface area (Å²) < 4.78 is 2.02. The molecule has 0 atom stereocenters. The standard InChI is InChI=1S/C22H26N2O2/c1-15-6-8-18(9-7-15)20-12-19-14-23(16(2)25)11-10-21(19)24(22(20)26)13-17-4-3-5-17/h6-9,12,17H,3-5,10-11,13-14H2,1-2H3. The summed E-state index contributed by atoms with van der Waals surface area (Å²) >= 11 is 0. The van der Waals surface area contributed by atoms with E-state index in [-0.39, 0.29) is 11.5 Å². The summed E-state index contributed by atoms with van der Waals surface area (Å²) in [4.78, 5) is 27.0. The topological polar surface area (TPSA) is 42.3 Å². The molecule has 0 unspecified atom stereocenters. The molecule has 4 heteroatoms. The number of pyridine rings is 1. The van der Waals surface area contributed by atoms with Crippen LogP contribution >= 0.6 is 0 Å². The van der Waals surface area contributed by atoms with Gasteiger partial charge in [0.05, 0.1) is 0 Å². The Morgan fingerprint density at radius 3 is 2.54 bits per heavy atom. The monoisotopic (exact) mass is 350 g/mol. The first kappa shape index (κ1) is 17.1. The molecule has 0 saturated heterocycles. The van der Waals surface area contributed by atoms with E-state index in [1.165, 1.54) is 24.8 Å². The van der Waals surface area contributed by atoms with Gasteiger partial charge in [-0.05, 0) is 42.9 Å². The Balaban J connectivity index is 1.82. The number of hydrogen-bond donors (Lipinski definition) is 0. The van der Waals surface area contributed by atoms with Gasteiger partial charge in [-0.15, -0.1) is 0 Å². The lowest BCUT2D eigenvalue weighted by molar-refractivity contribution is -0.129. The average molecular weight is 350 g/mol. The van der Waals surface area contributed by atoms with Crippen molar-refractivity contribution in [3.05, 3.63) is 57.5 Å². The minimum absolute atomic E-state index is 0.101. The molecule has 1 aliphatic heterocycles. The van der Waals surface area contributed by atoms with Gasteiger partial charge in [0.1, 0.15) is 0 Å². The predicted molar refractivity (Wildman–Crippen MR) is 103 cm³/mol. The molecule has 0 spiro atoms. The van der Waals surface area contributed by atoms with Gasteiger partial charge in [0.2, 0.25) is 5.91 Å². The maximum Gasteiger partial charge on any atom is 0.258 e. The third-order valence-electron chi connectivity index (χ3n) is 5.94. The molecule has 1 amide bonds. The van der Waals surface area contributed by atoms with Crippen LogP contribution in [0.5, 0.6) is 0 Å². The lowest BCUT2D eigenvalue weighted by Gasteiger charge is -2.33. The van der Waals surface area contributed by atoms with Gasteiger partial charge < -0.3 is 9.47 Å². The number of amides is 1. The summed E-state index contributed by atoms with van der Waals surface area (Å²) in [6, 6.07) is 10.2. The number of carbonyl (C=O) groups excluding carboxylic acids is 1. The third-order valence-corrected chi connectivity index (χ3v) is 5.94. The van der Waals surface area contributed by atoms with Crippen LogP contribution in [0.2, 0.25) is 0 Å². The molecule has 0 N–H and O–H groups in total. The molecule has 0 radical (unpaired) electrons. The van der Waals surface area contributed by atoms with Crippen molar-refractivity contribution in [3.8, 4) is 11.1 Å². The lowest BCUT2D eigenvalue weighted by atomic mass is 9.85. The highest BCUT2D eigenvalue weighted by atomic mass is 16.2. The summed E-state index contributed by atoms with van der Waals surface area (Å²) in [6.45, 7) is 5.80. The molecule has 1 fully saturated rings. The fraction of sp³-hybridized carbons (Fsp3) is 0.455. The molecule has 2 aromatic rings. The minimum Gasteiger partial charge on any atom is -0.338 e. The van der Waals surface area contributed by atoms with Crippen LogP contribution in [0.3, 0.4) is 0 Å². The second-order valence-corrected chi connectivity index (χ2v) is 7.80. The smallest absolute Gasteiger partial charge is 0.258 e. The van der Waals surface area contributed by atoms with Crippen molar-refractivity contribution in [3.63, 3.8) is 0 Å². The van der Waals surface area contributed by atoms with Crippen molar-refractivity contribution >= 4 is 5.91 Å². The van der Waals surface area contributed by atoms with Crippen LogP contribution in [0.15, 0.2) is 35.1 Å². The van der Waals surface area contributed by atoms with Crippen LogP contribution in [-0.4, -0.2) is 21.9 Å². The van der Waals surface area contributed by atoms with E-state index < -0.39 is 0 Å². The van der Waals surface area contributed by atoms with E-state index in [4.69, 9.17) is 0 Å². The van der Waals surface area contributed by atoms with Crippen molar-refractivity contribution in [2.75, 3.05) is 6.54 Å². The number of nitrogens with zero attached hydrogens (tertiary/aromatic N) is 2. The van der Waals surface area contributed by atoms with Gasteiger partial charge in [0.15, 0.2) is 0 Å². The summed E-state index contributed by atoms with van der Waals surface area (Å²) in [5, 5.41) is 0. The van der Waals surface area contributed by atoms with E-state index in [0.29, 0.717) is 19.0 Å². The fourth-order valence-corrected chi connectivity index (χ4v) is 4.05. The SMILES string of the molecule is CC(=O)N1CCc2c(cc(-c3ccc(C)cc3)c(=O)n2CC2CCC2)C1. The van der Waals surface area contributed by atoms with Crippen LogP contribution in [-0.2, 0) is 24.3 Å². The minimum atomic E-state index is 0.101.